The second-order valence-corrected chi connectivity index (χ2v) is 5.19. The minimum absolute atomic E-state index is 0.172. The van der Waals surface area contributed by atoms with Crippen molar-refractivity contribution in [2.45, 2.75) is 12.3 Å². The van der Waals surface area contributed by atoms with E-state index in [1.54, 1.807) is 0 Å². The number of esters is 2. The lowest BCUT2D eigenvalue weighted by Gasteiger charge is -1.97. The first-order valence-corrected chi connectivity index (χ1v) is 5.27. The van der Waals surface area contributed by atoms with Crippen molar-refractivity contribution >= 4 is 39.2 Å². The Labute approximate surface area is 86.8 Å². The zero-order valence-electron chi connectivity index (χ0n) is 6.45. The number of cyclic esters (lactones) is 2. The zero-order valence-corrected chi connectivity index (χ0v) is 8.85. The molecule has 5 heteroatoms. The van der Waals surface area contributed by atoms with Gasteiger partial charge in [-0.1, -0.05) is 0 Å². The first-order valence-electron chi connectivity index (χ1n) is 3.66. The van der Waals surface area contributed by atoms with Gasteiger partial charge in [-0.3, -0.25) is 9.59 Å². The molecule has 0 aliphatic carbocycles. The summed E-state index contributed by atoms with van der Waals surface area (Å²) in [6.07, 6.45) is 0.172. The van der Waals surface area contributed by atoms with Crippen LogP contribution >= 0.6 is 27.3 Å². The molecule has 1 fully saturated rings. The number of rotatable bonds is 1. The highest BCUT2D eigenvalue weighted by atomic mass is 79.9. The molecule has 0 aromatic carbocycles. The standard InChI is InChI=1S/C8H5BrO3S/c9-6-2-1-5(13-6)4-3-7(10)12-8(4)11/h1-2,4H,3H2. The lowest BCUT2D eigenvalue weighted by atomic mass is 10.1. The highest BCUT2D eigenvalue weighted by Gasteiger charge is 2.35. The second kappa shape index (κ2) is 3.23. The van der Waals surface area contributed by atoms with E-state index in [0.29, 0.717) is 0 Å². The summed E-state index contributed by atoms with van der Waals surface area (Å²) in [7, 11) is 0. The lowest BCUT2D eigenvalue weighted by Crippen LogP contribution is -2.03. The number of carbonyl (C=O) groups is 2. The average molecular weight is 261 g/mol. The van der Waals surface area contributed by atoms with Crippen molar-refractivity contribution in [2.75, 3.05) is 0 Å². The zero-order chi connectivity index (χ0) is 9.42. The Bertz CT molecular complexity index is 371. The van der Waals surface area contributed by atoms with Crippen LogP contribution in [0.2, 0.25) is 0 Å². The van der Waals surface area contributed by atoms with Crippen molar-refractivity contribution < 1.29 is 14.3 Å². The van der Waals surface area contributed by atoms with Gasteiger partial charge in [-0.05, 0) is 28.1 Å². The summed E-state index contributed by atoms with van der Waals surface area (Å²) in [6, 6.07) is 3.69. The van der Waals surface area contributed by atoms with E-state index in [4.69, 9.17) is 0 Å². The molecular weight excluding hydrogens is 256 g/mol. The number of ether oxygens (including phenoxy) is 1. The van der Waals surface area contributed by atoms with Crippen molar-refractivity contribution in [1.82, 2.24) is 0 Å². The Morgan fingerprint density at radius 2 is 2.23 bits per heavy atom. The van der Waals surface area contributed by atoms with E-state index < -0.39 is 11.9 Å². The molecular formula is C8H5BrO3S. The summed E-state index contributed by atoms with van der Waals surface area (Å²) < 4.78 is 5.40. The van der Waals surface area contributed by atoms with Gasteiger partial charge in [0.1, 0.15) is 5.92 Å². The number of hydrogen-bond donors (Lipinski definition) is 0. The molecule has 2 heterocycles. The van der Waals surface area contributed by atoms with E-state index in [1.165, 1.54) is 11.3 Å². The Kier molecular flexibility index (Phi) is 2.21. The Morgan fingerprint density at radius 1 is 1.46 bits per heavy atom. The number of hydrogen-bond acceptors (Lipinski definition) is 4. The molecule has 1 aromatic heterocycles. The minimum Gasteiger partial charge on any atom is -0.393 e. The topological polar surface area (TPSA) is 43.4 Å². The van der Waals surface area contributed by atoms with Crippen LogP contribution in [0.3, 0.4) is 0 Å². The first-order chi connectivity index (χ1) is 6.16. The van der Waals surface area contributed by atoms with Gasteiger partial charge in [0.2, 0.25) is 0 Å². The average Bonchev–Trinajstić information content (AvgIpc) is 2.58. The smallest absolute Gasteiger partial charge is 0.322 e. The van der Waals surface area contributed by atoms with Gasteiger partial charge in [-0.25, -0.2) is 0 Å². The molecule has 2 rings (SSSR count). The molecule has 0 saturated carbocycles. The maximum absolute atomic E-state index is 11.1. The molecule has 1 saturated heterocycles. The molecule has 1 atom stereocenters. The third-order valence-corrected chi connectivity index (χ3v) is 3.54. The predicted octanol–water partition coefficient (Wildman–Crippen LogP) is 2.07. The molecule has 68 valence electrons. The predicted molar refractivity (Wildman–Crippen MR) is 50.5 cm³/mol. The Balaban J connectivity index is 2.27. The van der Waals surface area contributed by atoms with Gasteiger partial charge in [0.05, 0.1) is 10.2 Å². The molecule has 0 amide bonds. The maximum Gasteiger partial charge on any atom is 0.322 e. The number of halogens is 1. The largest absolute Gasteiger partial charge is 0.393 e. The van der Waals surface area contributed by atoms with Crippen molar-refractivity contribution in [3.63, 3.8) is 0 Å². The van der Waals surface area contributed by atoms with Crippen LogP contribution < -0.4 is 0 Å². The van der Waals surface area contributed by atoms with Crippen molar-refractivity contribution in [2.24, 2.45) is 0 Å². The van der Waals surface area contributed by atoms with Crippen LogP contribution in [0, 0.1) is 0 Å². The monoisotopic (exact) mass is 260 g/mol. The van der Waals surface area contributed by atoms with Gasteiger partial charge in [-0.15, -0.1) is 11.3 Å². The molecule has 0 bridgehead atoms. The normalized spacial score (nSPS) is 22.1. The van der Waals surface area contributed by atoms with Crippen LogP contribution in [0.5, 0.6) is 0 Å². The van der Waals surface area contributed by atoms with Gasteiger partial charge in [0.25, 0.3) is 0 Å². The molecule has 13 heavy (non-hydrogen) atoms. The van der Waals surface area contributed by atoms with Gasteiger partial charge in [-0.2, -0.15) is 0 Å². The van der Waals surface area contributed by atoms with Gasteiger partial charge in [0.15, 0.2) is 0 Å². The van der Waals surface area contributed by atoms with Crippen LogP contribution in [-0.2, 0) is 14.3 Å². The summed E-state index contributed by atoms with van der Waals surface area (Å²) >= 11 is 4.75. The third kappa shape index (κ3) is 1.66. The van der Waals surface area contributed by atoms with Crippen LogP contribution in [-0.4, -0.2) is 11.9 Å². The molecule has 1 unspecified atom stereocenters. The molecule has 1 aromatic rings. The van der Waals surface area contributed by atoms with Crippen molar-refractivity contribution in [3.05, 3.63) is 20.8 Å². The summed E-state index contributed by atoms with van der Waals surface area (Å²) in [4.78, 5) is 22.8. The molecule has 0 spiro atoms. The van der Waals surface area contributed by atoms with Crippen LogP contribution in [0.15, 0.2) is 15.9 Å². The Hall–Kier alpha value is -0.680. The van der Waals surface area contributed by atoms with Crippen LogP contribution in [0.25, 0.3) is 0 Å². The fourth-order valence-corrected chi connectivity index (χ4v) is 2.72. The Morgan fingerprint density at radius 3 is 2.69 bits per heavy atom. The minimum atomic E-state index is -0.431. The quantitative estimate of drug-likeness (QED) is 0.574. The molecule has 1 aliphatic heterocycles. The van der Waals surface area contributed by atoms with Gasteiger partial charge >= 0.3 is 11.9 Å². The van der Waals surface area contributed by atoms with E-state index in [-0.39, 0.29) is 12.3 Å². The maximum atomic E-state index is 11.1. The van der Waals surface area contributed by atoms with E-state index in [9.17, 15) is 9.59 Å². The first kappa shape index (κ1) is 8.90. The van der Waals surface area contributed by atoms with E-state index in [1.807, 2.05) is 12.1 Å². The second-order valence-electron chi connectivity index (χ2n) is 2.69. The summed E-state index contributed by atoms with van der Waals surface area (Å²) in [5.41, 5.74) is 0. The van der Waals surface area contributed by atoms with Crippen molar-refractivity contribution in [3.8, 4) is 0 Å². The molecule has 3 nitrogen and oxygen atoms in total. The third-order valence-electron chi connectivity index (χ3n) is 1.81. The molecule has 0 radical (unpaired) electrons. The van der Waals surface area contributed by atoms with Crippen LogP contribution in [0.4, 0.5) is 0 Å². The highest BCUT2D eigenvalue weighted by molar-refractivity contribution is 9.11. The summed E-state index contributed by atoms with van der Waals surface area (Å²) in [5, 5.41) is 0. The van der Waals surface area contributed by atoms with E-state index in [0.717, 1.165) is 8.66 Å². The number of carbonyl (C=O) groups excluding carboxylic acids is 2. The molecule has 1 aliphatic rings. The van der Waals surface area contributed by atoms with Crippen molar-refractivity contribution in [1.29, 1.82) is 0 Å². The highest BCUT2D eigenvalue weighted by Crippen LogP contribution is 2.34. The molecule has 0 N–H and O–H groups in total. The van der Waals surface area contributed by atoms with Crippen LogP contribution in [0.1, 0.15) is 17.2 Å². The SMILES string of the molecule is O=C1CC(c2ccc(Br)s2)C(=O)O1. The van der Waals surface area contributed by atoms with E-state index in [2.05, 4.69) is 20.7 Å². The number of thiophene rings is 1. The lowest BCUT2D eigenvalue weighted by molar-refractivity contribution is -0.152. The fraction of sp³-hybridized carbons (Fsp3) is 0.250. The summed E-state index contributed by atoms with van der Waals surface area (Å²) in [6.45, 7) is 0. The summed E-state index contributed by atoms with van der Waals surface area (Å²) in [5.74, 6) is -1.25. The van der Waals surface area contributed by atoms with E-state index >= 15 is 0 Å². The van der Waals surface area contributed by atoms with Gasteiger partial charge < -0.3 is 4.74 Å². The van der Waals surface area contributed by atoms with Gasteiger partial charge in [0, 0.05) is 4.88 Å². The fourth-order valence-electron chi connectivity index (χ4n) is 1.21.